The van der Waals surface area contributed by atoms with E-state index in [2.05, 4.69) is 0 Å². The Balaban J connectivity index is 2.53. The molecule has 1 unspecified atom stereocenters. The van der Waals surface area contributed by atoms with Crippen LogP contribution in [0.2, 0.25) is 0 Å². The highest BCUT2D eigenvalue weighted by molar-refractivity contribution is 5.82. The van der Waals surface area contributed by atoms with E-state index >= 15 is 0 Å². The first-order chi connectivity index (χ1) is 8.29. The van der Waals surface area contributed by atoms with Crippen LogP contribution in [-0.4, -0.2) is 10.6 Å². The number of alkyl halides is 3. The molecule has 0 spiro atoms. The van der Waals surface area contributed by atoms with Crippen LogP contribution in [0, 0.1) is 0 Å². The highest BCUT2D eigenvalue weighted by atomic mass is 19.4. The Bertz CT molecular complexity index is 567. The fourth-order valence-corrected chi connectivity index (χ4v) is 2.09. The first-order valence-electron chi connectivity index (χ1n) is 5.70. The summed E-state index contributed by atoms with van der Waals surface area (Å²) in [4.78, 5) is 0. The number of fused-ring (bicyclic) bond motifs is 1. The molecule has 2 nitrogen and oxygen atoms in total. The van der Waals surface area contributed by atoms with Crippen molar-refractivity contribution in [3.8, 4) is 0 Å². The smallest absolute Gasteiger partial charge is 0.348 e. The van der Waals surface area contributed by atoms with Crippen LogP contribution in [0.3, 0.4) is 0 Å². The van der Waals surface area contributed by atoms with Crippen LogP contribution < -0.4 is 5.73 Å². The summed E-state index contributed by atoms with van der Waals surface area (Å²) in [6.45, 7) is 1.87. The van der Waals surface area contributed by atoms with Crippen molar-refractivity contribution in [3.63, 3.8) is 0 Å². The minimum Gasteiger partial charge on any atom is -0.348 e. The van der Waals surface area contributed by atoms with E-state index in [1.165, 1.54) is 12.1 Å². The molecule has 98 valence electrons. The van der Waals surface area contributed by atoms with E-state index in [4.69, 9.17) is 5.73 Å². The Hall–Kier alpha value is -1.49. The van der Waals surface area contributed by atoms with Crippen LogP contribution in [0.5, 0.6) is 0 Å². The minimum absolute atomic E-state index is 0.0184. The second-order valence-electron chi connectivity index (χ2n) is 4.65. The van der Waals surface area contributed by atoms with Gasteiger partial charge in [0.2, 0.25) is 0 Å². The highest BCUT2D eigenvalue weighted by Crippen LogP contribution is 2.32. The van der Waals surface area contributed by atoms with Crippen molar-refractivity contribution in [3.05, 3.63) is 35.5 Å². The van der Waals surface area contributed by atoms with Gasteiger partial charge in [0.1, 0.15) is 0 Å². The molecule has 18 heavy (non-hydrogen) atoms. The summed E-state index contributed by atoms with van der Waals surface area (Å²) in [5.41, 5.74) is 6.63. The molecule has 2 rings (SSSR count). The molecule has 0 aliphatic carbocycles. The van der Waals surface area contributed by atoms with Gasteiger partial charge in [0.25, 0.3) is 0 Å². The zero-order chi connectivity index (χ0) is 13.5. The van der Waals surface area contributed by atoms with E-state index in [0.717, 1.165) is 17.1 Å². The van der Waals surface area contributed by atoms with Crippen molar-refractivity contribution in [2.75, 3.05) is 0 Å². The molecule has 0 saturated heterocycles. The normalized spacial score (nSPS) is 14.1. The number of benzene rings is 1. The molecular weight excluding hydrogens is 241 g/mol. The zero-order valence-electron chi connectivity index (χ0n) is 10.3. The third-order valence-corrected chi connectivity index (χ3v) is 3.00. The second kappa shape index (κ2) is 4.31. The SMILES string of the molecule is CC(N)Cc1cc2ccc(C(F)(F)F)cc2n1C. The predicted octanol–water partition coefficient (Wildman–Crippen LogP) is 3.09. The van der Waals surface area contributed by atoms with Crippen molar-refractivity contribution in [2.24, 2.45) is 12.8 Å². The highest BCUT2D eigenvalue weighted by Gasteiger charge is 2.30. The van der Waals surface area contributed by atoms with Gasteiger partial charge in [0.15, 0.2) is 0 Å². The molecule has 1 aromatic carbocycles. The standard InChI is InChI=1S/C13H15F3N2/c1-8(17)5-11-6-9-3-4-10(13(14,15)16)7-12(9)18(11)2/h3-4,6-8H,5,17H2,1-2H3. The largest absolute Gasteiger partial charge is 0.416 e. The van der Waals surface area contributed by atoms with Crippen molar-refractivity contribution in [2.45, 2.75) is 25.6 Å². The van der Waals surface area contributed by atoms with Gasteiger partial charge in [-0.25, -0.2) is 0 Å². The Morgan fingerprint density at radius 1 is 1.28 bits per heavy atom. The molecule has 0 bridgehead atoms. The molecule has 1 atom stereocenters. The number of rotatable bonds is 2. The Morgan fingerprint density at radius 2 is 1.94 bits per heavy atom. The molecule has 0 aliphatic rings. The van der Waals surface area contributed by atoms with Gasteiger partial charge >= 0.3 is 6.18 Å². The van der Waals surface area contributed by atoms with Crippen molar-refractivity contribution in [1.29, 1.82) is 0 Å². The van der Waals surface area contributed by atoms with Crippen LogP contribution in [0.1, 0.15) is 18.2 Å². The number of aromatic nitrogens is 1. The summed E-state index contributed by atoms with van der Waals surface area (Å²) in [5, 5.41) is 0.807. The summed E-state index contributed by atoms with van der Waals surface area (Å²) in [6.07, 6.45) is -3.66. The van der Waals surface area contributed by atoms with Gasteiger partial charge < -0.3 is 10.3 Å². The fraction of sp³-hybridized carbons (Fsp3) is 0.385. The average molecular weight is 256 g/mol. The van der Waals surface area contributed by atoms with Crippen molar-refractivity contribution in [1.82, 2.24) is 4.57 Å². The average Bonchev–Trinajstić information content (AvgIpc) is 2.53. The third kappa shape index (κ3) is 2.36. The van der Waals surface area contributed by atoms with Crippen LogP contribution in [0.25, 0.3) is 10.9 Å². The van der Waals surface area contributed by atoms with E-state index in [9.17, 15) is 13.2 Å². The first-order valence-corrected chi connectivity index (χ1v) is 5.70. The summed E-state index contributed by atoms with van der Waals surface area (Å²) in [7, 11) is 1.76. The molecule has 5 heteroatoms. The lowest BCUT2D eigenvalue weighted by Gasteiger charge is -2.09. The zero-order valence-corrected chi connectivity index (χ0v) is 10.3. The Kier molecular flexibility index (Phi) is 3.11. The number of aryl methyl sites for hydroxylation is 1. The van der Waals surface area contributed by atoms with Crippen LogP contribution >= 0.6 is 0 Å². The van der Waals surface area contributed by atoms with Gasteiger partial charge in [-0.1, -0.05) is 6.07 Å². The third-order valence-electron chi connectivity index (χ3n) is 3.00. The molecule has 2 N–H and O–H groups in total. The van der Waals surface area contributed by atoms with E-state index in [1.54, 1.807) is 11.6 Å². The minimum atomic E-state index is -4.31. The monoisotopic (exact) mass is 256 g/mol. The molecule has 0 radical (unpaired) electrons. The van der Waals surface area contributed by atoms with Crippen LogP contribution in [0.15, 0.2) is 24.3 Å². The number of nitrogens with zero attached hydrogens (tertiary/aromatic N) is 1. The topological polar surface area (TPSA) is 30.9 Å². The maximum absolute atomic E-state index is 12.6. The lowest BCUT2D eigenvalue weighted by Crippen LogP contribution is -2.19. The fourth-order valence-electron chi connectivity index (χ4n) is 2.09. The van der Waals surface area contributed by atoms with Gasteiger partial charge in [-0.2, -0.15) is 13.2 Å². The van der Waals surface area contributed by atoms with E-state index < -0.39 is 11.7 Å². The number of hydrogen-bond acceptors (Lipinski definition) is 1. The number of halogens is 3. The molecule has 2 aromatic rings. The summed E-state index contributed by atoms with van der Waals surface area (Å²) in [6, 6.07) is 5.66. The van der Waals surface area contributed by atoms with Crippen molar-refractivity contribution < 1.29 is 13.2 Å². The Morgan fingerprint density at radius 3 is 2.50 bits per heavy atom. The molecule has 0 fully saturated rings. The number of nitrogens with two attached hydrogens (primary N) is 1. The van der Waals surface area contributed by atoms with Crippen LogP contribution in [0.4, 0.5) is 13.2 Å². The summed E-state index contributed by atoms with van der Waals surface area (Å²) in [5.74, 6) is 0. The molecule has 0 aliphatic heterocycles. The maximum Gasteiger partial charge on any atom is 0.416 e. The van der Waals surface area contributed by atoms with E-state index in [1.807, 2.05) is 13.0 Å². The second-order valence-corrected chi connectivity index (χ2v) is 4.65. The lowest BCUT2D eigenvalue weighted by molar-refractivity contribution is -0.137. The van der Waals surface area contributed by atoms with E-state index in [0.29, 0.717) is 11.9 Å². The molecule has 0 amide bonds. The van der Waals surface area contributed by atoms with Gasteiger partial charge in [-0.05, 0) is 30.5 Å². The first kappa shape index (κ1) is 13.0. The Labute approximate surface area is 103 Å². The van der Waals surface area contributed by atoms with E-state index in [-0.39, 0.29) is 6.04 Å². The molecule has 0 saturated carbocycles. The number of hydrogen-bond donors (Lipinski definition) is 1. The summed E-state index contributed by atoms with van der Waals surface area (Å²) < 4.78 is 39.7. The maximum atomic E-state index is 12.6. The van der Waals surface area contributed by atoms with Crippen LogP contribution in [-0.2, 0) is 19.6 Å². The summed E-state index contributed by atoms with van der Waals surface area (Å²) >= 11 is 0. The van der Waals surface area contributed by atoms with Crippen molar-refractivity contribution >= 4 is 10.9 Å². The lowest BCUT2D eigenvalue weighted by atomic mass is 10.1. The molecule has 1 heterocycles. The van der Waals surface area contributed by atoms with Gasteiger partial charge in [0.05, 0.1) is 5.56 Å². The predicted molar refractivity (Wildman–Crippen MR) is 65.3 cm³/mol. The molecular formula is C13H15F3N2. The van der Waals surface area contributed by atoms with Gasteiger partial charge in [0, 0.05) is 30.7 Å². The molecule has 1 aromatic heterocycles. The van der Waals surface area contributed by atoms with Gasteiger partial charge in [-0.15, -0.1) is 0 Å². The van der Waals surface area contributed by atoms with Gasteiger partial charge in [-0.3, -0.25) is 0 Å². The quantitative estimate of drug-likeness (QED) is 0.879.